The van der Waals surface area contributed by atoms with Crippen LogP contribution in [0.3, 0.4) is 0 Å². The first-order valence-electron chi connectivity index (χ1n) is 10.9. The van der Waals surface area contributed by atoms with E-state index in [1.807, 2.05) is 61.5 Å². The molecule has 0 aliphatic heterocycles. The van der Waals surface area contributed by atoms with Crippen molar-refractivity contribution in [3.05, 3.63) is 120 Å². The monoisotopic (exact) mass is 436 g/mol. The van der Waals surface area contributed by atoms with Crippen molar-refractivity contribution in [3.63, 3.8) is 0 Å². The summed E-state index contributed by atoms with van der Waals surface area (Å²) in [7, 11) is 0. The van der Waals surface area contributed by atoms with Crippen molar-refractivity contribution < 1.29 is 19.1 Å². The van der Waals surface area contributed by atoms with Crippen LogP contribution < -0.4 is 9.47 Å². The summed E-state index contributed by atoms with van der Waals surface area (Å²) in [4.78, 5) is 26.0. The maximum atomic E-state index is 13.0. The van der Waals surface area contributed by atoms with Crippen molar-refractivity contribution in [3.8, 4) is 22.6 Å². The quantitative estimate of drug-likeness (QED) is 0.238. The average Bonchev–Trinajstić information content (AvgIpc) is 2.87. The highest BCUT2D eigenvalue weighted by atomic mass is 16.6. The van der Waals surface area contributed by atoms with Gasteiger partial charge in [-0.05, 0) is 41.8 Å². The molecule has 0 aliphatic carbocycles. The van der Waals surface area contributed by atoms with Crippen LogP contribution in [0.15, 0.2) is 103 Å². The Morgan fingerprint density at radius 3 is 1.61 bits per heavy atom. The molecule has 0 saturated carbocycles. The molecule has 0 atom stereocenters. The van der Waals surface area contributed by atoms with E-state index in [1.54, 1.807) is 48.5 Å². The van der Waals surface area contributed by atoms with E-state index in [2.05, 4.69) is 0 Å². The van der Waals surface area contributed by atoms with Gasteiger partial charge in [-0.3, -0.25) is 0 Å². The Bertz CT molecular complexity index is 1230. The molecular formula is C29H24O4. The average molecular weight is 437 g/mol. The molecule has 0 bridgehead atoms. The predicted molar refractivity (Wildman–Crippen MR) is 129 cm³/mol. The Balaban J connectivity index is 1.83. The molecule has 164 valence electrons. The van der Waals surface area contributed by atoms with Crippen molar-refractivity contribution >= 4 is 11.9 Å². The summed E-state index contributed by atoms with van der Waals surface area (Å²) in [6.45, 7) is 2.05. The normalized spacial score (nSPS) is 10.5. The van der Waals surface area contributed by atoms with Crippen LogP contribution in [-0.4, -0.2) is 11.9 Å². The minimum atomic E-state index is -0.515. The van der Waals surface area contributed by atoms with E-state index in [9.17, 15) is 9.59 Å². The standard InChI is InChI=1S/C29H24O4/c1-2-12-22-19-20-25(21-13-6-3-7-14-21)27(33-29(31)24-17-10-5-11-18-24)26(22)32-28(30)23-15-8-4-9-16-23/h3-11,13-20H,2,12H2,1H3. The van der Waals surface area contributed by atoms with Crippen LogP contribution in [0.5, 0.6) is 11.5 Å². The minimum absolute atomic E-state index is 0.241. The van der Waals surface area contributed by atoms with Gasteiger partial charge in [-0.2, -0.15) is 0 Å². The highest BCUT2D eigenvalue weighted by Crippen LogP contribution is 2.42. The van der Waals surface area contributed by atoms with Crippen molar-refractivity contribution in [2.24, 2.45) is 0 Å². The lowest BCUT2D eigenvalue weighted by molar-refractivity contribution is 0.0682. The molecule has 0 heterocycles. The molecule has 0 spiro atoms. The largest absolute Gasteiger partial charge is 0.419 e. The van der Waals surface area contributed by atoms with E-state index >= 15 is 0 Å². The highest BCUT2D eigenvalue weighted by molar-refractivity contribution is 5.95. The molecular weight excluding hydrogens is 412 g/mol. The number of hydrogen-bond donors (Lipinski definition) is 0. The van der Waals surface area contributed by atoms with Crippen LogP contribution in [0.25, 0.3) is 11.1 Å². The maximum Gasteiger partial charge on any atom is 0.343 e. The molecule has 4 nitrogen and oxygen atoms in total. The van der Waals surface area contributed by atoms with Crippen LogP contribution in [0.4, 0.5) is 0 Å². The molecule has 4 aromatic rings. The van der Waals surface area contributed by atoms with Gasteiger partial charge in [0, 0.05) is 5.56 Å². The van der Waals surface area contributed by atoms with Gasteiger partial charge < -0.3 is 9.47 Å². The van der Waals surface area contributed by atoms with Gasteiger partial charge in [0.15, 0.2) is 11.5 Å². The molecule has 4 rings (SSSR count). The molecule has 33 heavy (non-hydrogen) atoms. The fourth-order valence-corrected chi connectivity index (χ4v) is 3.58. The second kappa shape index (κ2) is 10.4. The molecule has 4 aromatic carbocycles. The second-order valence-corrected chi connectivity index (χ2v) is 7.56. The van der Waals surface area contributed by atoms with Gasteiger partial charge in [0.2, 0.25) is 0 Å². The zero-order valence-electron chi connectivity index (χ0n) is 18.4. The van der Waals surface area contributed by atoms with Gasteiger partial charge in [0.25, 0.3) is 0 Å². The third-order valence-electron chi connectivity index (χ3n) is 5.21. The summed E-state index contributed by atoms with van der Waals surface area (Å²) in [6.07, 6.45) is 1.51. The van der Waals surface area contributed by atoms with Crippen LogP contribution in [0, 0.1) is 0 Å². The van der Waals surface area contributed by atoms with Crippen LogP contribution >= 0.6 is 0 Å². The Hall–Kier alpha value is -4.18. The van der Waals surface area contributed by atoms with Crippen molar-refractivity contribution in [2.75, 3.05) is 0 Å². The Kier molecular flexibility index (Phi) is 6.96. The number of carbonyl (C=O) groups is 2. The number of esters is 2. The van der Waals surface area contributed by atoms with Gasteiger partial charge >= 0.3 is 11.9 Å². The topological polar surface area (TPSA) is 52.6 Å². The number of benzene rings is 4. The number of hydrogen-bond acceptors (Lipinski definition) is 4. The lowest BCUT2D eigenvalue weighted by atomic mass is 9.99. The number of ether oxygens (including phenoxy) is 2. The van der Waals surface area contributed by atoms with E-state index in [0.717, 1.165) is 17.5 Å². The summed E-state index contributed by atoms with van der Waals surface area (Å²) in [6, 6.07) is 31.0. The van der Waals surface area contributed by atoms with Crippen molar-refractivity contribution in [1.29, 1.82) is 0 Å². The van der Waals surface area contributed by atoms with Crippen molar-refractivity contribution in [1.82, 2.24) is 0 Å². The summed E-state index contributed by atoms with van der Waals surface area (Å²) in [5.74, 6) is -0.504. The summed E-state index contributed by atoms with van der Waals surface area (Å²) in [5.41, 5.74) is 3.17. The fraction of sp³-hybridized carbons (Fsp3) is 0.103. The van der Waals surface area contributed by atoms with Gasteiger partial charge in [-0.15, -0.1) is 0 Å². The number of aryl methyl sites for hydroxylation is 1. The van der Waals surface area contributed by atoms with E-state index in [4.69, 9.17) is 9.47 Å². The molecule has 0 radical (unpaired) electrons. The molecule has 0 N–H and O–H groups in total. The summed E-state index contributed by atoms with van der Waals surface area (Å²) >= 11 is 0. The lowest BCUT2D eigenvalue weighted by Crippen LogP contribution is -2.14. The number of carbonyl (C=O) groups excluding carboxylic acids is 2. The summed E-state index contributed by atoms with van der Waals surface area (Å²) in [5, 5.41) is 0. The molecule has 0 unspecified atom stereocenters. The predicted octanol–water partition coefficient (Wildman–Crippen LogP) is 6.74. The van der Waals surface area contributed by atoms with E-state index in [1.165, 1.54) is 0 Å². The van der Waals surface area contributed by atoms with Gasteiger partial charge in [-0.25, -0.2) is 9.59 Å². The SMILES string of the molecule is CCCc1ccc(-c2ccccc2)c(OC(=O)c2ccccc2)c1OC(=O)c1ccccc1. The molecule has 0 aliphatic rings. The molecule has 0 aromatic heterocycles. The van der Waals surface area contributed by atoms with Crippen LogP contribution in [-0.2, 0) is 6.42 Å². The Morgan fingerprint density at radius 2 is 1.09 bits per heavy atom. The molecule has 0 fully saturated rings. The third-order valence-corrected chi connectivity index (χ3v) is 5.21. The number of rotatable bonds is 7. The molecule has 0 saturated heterocycles. The molecule has 0 amide bonds. The second-order valence-electron chi connectivity index (χ2n) is 7.56. The fourth-order valence-electron chi connectivity index (χ4n) is 3.58. The highest BCUT2D eigenvalue weighted by Gasteiger charge is 2.23. The van der Waals surface area contributed by atoms with E-state index in [-0.39, 0.29) is 11.5 Å². The zero-order chi connectivity index (χ0) is 23.0. The van der Waals surface area contributed by atoms with Crippen LogP contribution in [0.1, 0.15) is 39.6 Å². The zero-order valence-corrected chi connectivity index (χ0v) is 18.4. The van der Waals surface area contributed by atoms with Gasteiger partial charge in [0.1, 0.15) is 0 Å². The maximum absolute atomic E-state index is 13.0. The van der Waals surface area contributed by atoms with Gasteiger partial charge in [0.05, 0.1) is 11.1 Å². The van der Waals surface area contributed by atoms with E-state index in [0.29, 0.717) is 23.1 Å². The first-order chi connectivity index (χ1) is 16.2. The third kappa shape index (κ3) is 5.18. The van der Waals surface area contributed by atoms with E-state index < -0.39 is 11.9 Å². The Labute approximate surface area is 193 Å². The minimum Gasteiger partial charge on any atom is -0.419 e. The van der Waals surface area contributed by atoms with Crippen molar-refractivity contribution in [2.45, 2.75) is 19.8 Å². The molecule has 4 heteroatoms. The first kappa shape index (κ1) is 22.0. The Morgan fingerprint density at radius 1 is 0.606 bits per heavy atom. The summed E-state index contributed by atoms with van der Waals surface area (Å²) < 4.78 is 11.8. The smallest absolute Gasteiger partial charge is 0.343 e. The lowest BCUT2D eigenvalue weighted by Gasteiger charge is -2.18. The van der Waals surface area contributed by atoms with Gasteiger partial charge in [-0.1, -0.05) is 92.2 Å². The first-order valence-corrected chi connectivity index (χ1v) is 10.9. The van der Waals surface area contributed by atoms with Crippen LogP contribution in [0.2, 0.25) is 0 Å².